The van der Waals surface area contributed by atoms with Crippen molar-refractivity contribution in [1.29, 1.82) is 0 Å². The third-order valence-electron chi connectivity index (χ3n) is 1.98. The van der Waals surface area contributed by atoms with Gasteiger partial charge in [-0.15, -0.1) is 0 Å². The molecule has 0 N–H and O–H groups in total. The van der Waals surface area contributed by atoms with E-state index >= 15 is 0 Å². The van der Waals surface area contributed by atoms with Gasteiger partial charge in [-0.05, 0) is 22.0 Å². The Morgan fingerprint density at radius 1 is 1.18 bits per heavy atom. The monoisotopic (exact) mass is 312 g/mol. The van der Waals surface area contributed by atoms with Crippen LogP contribution in [-0.2, 0) is 0 Å². The SMILES string of the molecule is COc1cc(OC)c(C(=O)C(F)(F)F)cc1Br. The van der Waals surface area contributed by atoms with Crippen LogP contribution >= 0.6 is 15.9 Å². The highest BCUT2D eigenvalue weighted by atomic mass is 79.9. The second kappa shape index (κ2) is 4.95. The zero-order valence-electron chi connectivity index (χ0n) is 8.89. The number of rotatable bonds is 3. The Balaban J connectivity index is 3.34. The van der Waals surface area contributed by atoms with Crippen LogP contribution in [0, 0.1) is 0 Å². The van der Waals surface area contributed by atoms with Crippen molar-refractivity contribution < 1.29 is 27.4 Å². The van der Waals surface area contributed by atoms with Crippen LogP contribution in [-0.4, -0.2) is 26.2 Å². The molecule has 94 valence electrons. The van der Waals surface area contributed by atoms with Gasteiger partial charge in [-0.1, -0.05) is 0 Å². The van der Waals surface area contributed by atoms with Crippen molar-refractivity contribution in [3.63, 3.8) is 0 Å². The molecule has 0 aromatic heterocycles. The molecule has 1 rings (SSSR count). The number of hydrogen-bond acceptors (Lipinski definition) is 3. The number of carbonyl (C=O) groups excluding carboxylic acids is 1. The van der Waals surface area contributed by atoms with E-state index in [1.54, 1.807) is 0 Å². The standard InChI is InChI=1S/C10H8BrF3O3/c1-16-7-4-8(17-2)6(11)3-5(7)9(15)10(12,13)14/h3-4H,1-2H3. The van der Waals surface area contributed by atoms with Gasteiger partial charge in [0, 0.05) is 6.07 Å². The zero-order chi connectivity index (χ0) is 13.2. The predicted molar refractivity (Wildman–Crippen MR) is 57.6 cm³/mol. The average molecular weight is 313 g/mol. The summed E-state index contributed by atoms with van der Waals surface area (Å²) in [6.45, 7) is 0. The number of carbonyl (C=O) groups is 1. The number of ketones is 1. The summed E-state index contributed by atoms with van der Waals surface area (Å²) in [5.74, 6) is -1.87. The predicted octanol–water partition coefficient (Wildman–Crippen LogP) is 3.21. The van der Waals surface area contributed by atoms with Crippen LogP contribution < -0.4 is 9.47 Å². The molecule has 0 atom stereocenters. The molecule has 0 saturated carbocycles. The van der Waals surface area contributed by atoms with E-state index in [0.29, 0.717) is 0 Å². The van der Waals surface area contributed by atoms with E-state index in [4.69, 9.17) is 9.47 Å². The van der Waals surface area contributed by atoms with Crippen LogP contribution in [0.25, 0.3) is 0 Å². The van der Waals surface area contributed by atoms with Crippen molar-refractivity contribution in [2.75, 3.05) is 14.2 Å². The molecule has 1 aromatic carbocycles. The molecular formula is C10H8BrF3O3. The highest BCUT2D eigenvalue weighted by Gasteiger charge is 2.41. The minimum absolute atomic E-state index is 0.188. The molecule has 0 aliphatic rings. The van der Waals surface area contributed by atoms with Crippen molar-refractivity contribution in [3.05, 3.63) is 22.2 Å². The largest absolute Gasteiger partial charge is 0.496 e. The summed E-state index contributed by atoms with van der Waals surface area (Å²) in [7, 11) is 2.53. The third kappa shape index (κ3) is 2.91. The maximum absolute atomic E-state index is 12.3. The third-order valence-corrected chi connectivity index (χ3v) is 2.60. The summed E-state index contributed by atoms with van der Waals surface area (Å²) in [4.78, 5) is 11.1. The normalized spacial score (nSPS) is 11.2. The first kappa shape index (κ1) is 13.8. The van der Waals surface area contributed by atoms with Crippen molar-refractivity contribution in [3.8, 4) is 11.5 Å². The summed E-state index contributed by atoms with van der Waals surface area (Å²) in [6, 6.07) is 2.23. The lowest BCUT2D eigenvalue weighted by molar-refractivity contribution is -0.0886. The Hall–Kier alpha value is -1.24. The molecule has 0 radical (unpaired) electrons. The van der Waals surface area contributed by atoms with Crippen molar-refractivity contribution in [2.45, 2.75) is 6.18 Å². The van der Waals surface area contributed by atoms with Gasteiger partial charge in [0.05, 0.1) is 24.3 Å². The number of benzene rings is 1. The number of alkyl halides is 3. The molecule has 0 heterocycles. The molecule has 0 bridgehead atoms. The Labute approximate surface area is 104 Å². The van der Waals surface area contributed by atoms with Gasteiger partial charge in [-0.2, -0.15) is 13.2 Å². The van der Waals surface area contributed by atoms with Gasteiger partial charge in [-0.3, -0.25) is 4.79 Å². The Kier molecular flexibility index (Phi) is 4.03. The second-order valence-electron chi connectivity index (χ2n) is 3.01. The zero-order valence-corrected chi connectivity index (χ0v) is 10.5. The quantitative estimate of drug-likeness (QED) is 0.804. The van der Waals surface area contributed by atoms with Gasteiger partial charge < -0.3 is 9.47 Å². The van der Waals surface area contributed by atoms with E-state index in [9.17, 15) is 18.0 Å². The van der Waals surface area contributed by atoms with E-state index in [-0.39, 0.29) is 16.0 Å². The van der Waals surface area contributed by atoms with Gasteiger partial charge in [-0.25, -0.2) is 0 Å². The molecule has 0 fully saturated rings. The maximum Gasteiger partial charge on any atom is 0.455 e. The number of halogens is 4. The molecular weight excluding hydrogens is 305 g/mol. The van der Waals surface area contributed by atoms with Crippen LogP contribution in [0.15, 0.2) is 16.6 Å². The highest BCUT2D eigenvalue weighted by molar-refractivity contribution is 9.10. The van der Waals surface area contributed by atoms with Gasteiger partial charge in [0.15, 0.2) is 0 Å². The smallest absolute Gasteiger partial charge is 0.455 e. The van der Waals surface area contributed by atoms with Gasteiger partial charge in [0.1, 0.15) is 11.5 Å². The van der Waals surface area contributed by atoms with Gasteiger partial charge in [0.2, 0.25) is 0 Å². The van der Waals surface area contributed by atoms with Crippen molar-refractivity contribution >= 4 is 21.7 Å². The topological polar surface area (TPSA) is 35.5 Å². The Bertz CT molecular complexity index is 443. The minimum Gasteiger partial charge on any atom is -0.496 e. The number of hydrogen-bond donors (Lipinski definition) is 0. The molecule has 0 spiro atoms. The number of methoxy groups -OCH3 is 2. The van der Waals surface area contributed by atoms with Crippen LogP contribution in [0.3, 0.4) is 0 Å². The van der Waals surface area contributed by atoms with Gasteiger partial charge >= 0.3 is 6.18 Å². The molecule has 3 nitrogen and oxygen atoms in total. The minimum atomic E-state index is -4.94. The van der Waals surface area contributed by atoms with E-state index in [0.717, 1.165) is 6.07 Å². The molecule has 0 saturated heterocycles. The lowest BCUT2D eigenvalue weighted by Gasteiger charge is -2.12. The van der Waals surface area contributed by atoms with Crippen LogP contribution in [0.5, 0.6) is 11.5 Å². The molecule has 1 aromatic rings. The van der Waals surface area contributed by atoms with Crippen LogP contribution in [0.4, 0.5) is 13.2 Å². The van der Waals surface area contributed by atoms with Crippen molar-refractivity contribution in [1.82, 2.24) is 0 Å². The molecule has 0 aliphatic heterocycles. The van der Waals surface area contributed by atoms with E-state index < -0.39 is 17.5 Å². The summed E-state index contributed by atoms with van der Waals surface area (Å²) in [5.41, 5.74) is -0.562. The fraction of sp³-hybridized carbons (Fsp3) is 0.300. The fourth-order valence-corrected chi connectivity index (χ4v) is 1.70. The average Bonchev–Trinajstić information content (AvgIpc) is 2.26. The summed E-state index contributed by atoms with van der Waals surface area (Å²) in [6.07, 6.45) is -4.94. The van der Waals surface area contributed by atoms with E-state index in [2.05, 4.69) is 15.9 Å². The first-order chi connectivity index (χ1) is 7.81. The fourth-order valence-electron chi connectivity index (χ4n) is 1.19. The summed E-state index contributed by atoms with van der Waals surface area (Å²) >= 11 is 3.01. The van der Waals surface area contributed by atoms with E-state index in [1.165, 1.54) is 20.3 Å². The number of Topliss-reactive ketones (excluding diaryl/α,β-unsaturated/α-hetero) is 1. The van der Waals surface area contributed by atoms with Crippen molar-refractivity contribution in [2.24, 2.45) is 0 Å². The second-order valence-corrected chi connectivity index (χ2v) is 3.87. The first-order valence-electron chi connectivity index (χ1n) is 4.34. The van der Waals surface area contributed by atoms with Crippen LogP contribution in [0.2, 0.25) is 0 Å². The Morgan fingerprint density at radius 2 is 1.71 bits per heavy atom. The maximum atomic E-state index is 12.3. The molecule has 17 heavy (non-hydrogen) atoms. The highest BCUT2D eigenvalue weighted by Crippen LogP contribution is 2.35. The molecule has 0 aliphatic carbocycles. The molecule has 7 heteroatoms. The summed E-state index contributed by atoms with van der Waals surface area (Å²) < 4.78 is 46.8. The van der Waals surface area contributed by atoms with Crippen LogP contribution in [0.1, 0.15) is 10.4 Å². The number of ether oxygens (including phenoxy) is 2. The first-order valence-corrected chi connectivity index (χ1v) is 5.13. The molecule has 0 unspecified atom stereocenters. The molecule has 0 amide bonds. The van der Waals surface area contributed by atoms with Gasteiger partial charge in [0.25, 0.3) is 5.78 Å². The lowest BCUT2D eigenvalue weighted by atomic mass is 10.1. The Morgan fingerprint density at radius 3 is 2.12 bits per heavy atom. The summed E-state index contributed by atoms with van der Waals surface area (Å²) in [5, 5.41) is 0. The van der Waals surface area contributed by atoms with E-state index in [1.807, 2.05) is 0 Å². The lowest BCUT2D eigenvalue weighted by Crippen LogP contribution is -2.23.